The average molecular weight is 240 g/mol. The summed E-state index contributed by atoms with van der Waals surface area (Å²) in [4.78, 5) is 8.95. The van der Waals surface area contributed by atoms with Gasteiger partial charge in [-0.1, -0.05) is 39.0 Å². The summed E-state index contributed by atoms with van der Waals surface area (Å²) in [5.74, 6) is 0.534. The van der Waals surface area contributed by atoms with E-state index in [2.05, 4.69) is 55.9 Å². The van der Waals surface area contributed by atoms with Crippen LogP contribution in [0.3, 0.4) is 0 Å². The van der Waals surface area contributed by atoms with Gasteiger partial charge in [-0.15, -0.1) is 0 Å². The Bertz CT molecular complexity index is 545. The molecular weight excluding hydrogens is 220 g/mol. The van der Waals surface area contributed by atoms with Crippen LogP contribution >= 0.6 is 0 Å². The van der Waals surface area contributed by atoms with E-state index in [9.17, 15) is 0 Å². The van der Waals surface area contributed by atoms with Crippen molar-refractivity contribution in [1.82, 2.24) is 9.97 Å². The van der Waals surface area contributed by atoms with Crippen LogP contribution in [0.2, 0.25) is 0 Å². The number of hydrogen-bond acceptors (Lipinski definition) is 2. The molecule has 0 aliphatic rings. The summed E-state index contributed by atoms with van der Waals surface area (Å²) in [5.41, 5.74) is 6.02. The molecule has 2 heteroatoms. The van der Waals surface area contributed by atoms with E-state index in [1.54, 1.807) is 12.4 Å². The van der Waals surface area contributed by atoms with Gasteiger partial charge in [-0.3, -0.25) is 9.97 Å². The Balaban J connectivity index is 2.61. The average Bonchev–Trinajstić information content (AvgIpc) is 2.38. The smallest absolute Gasteiger partial charge is 0.0919 e. The fourth-order valence-electron chi connectivity index (χ4n) is 2.39. The van der Waals surface area contributed by atoms with Crippen molar-refractivity contribution in [2.75, 3.05) is 0 Å². The molecule has 1 heterocycles. The third-order valence-corrected chi connectivity index (χ3v) is 3.36. The molecule has 1 aromatic carbocycles. The Labute approximate surface area is 109 Å². The summed E-state index contributed by atoms with van der Waals surface area (Å²) in [6.45, 7) is 8.75. The normalized spacial score (nSPS) is 10.9. The van der Waals surface area contributed by atoms with Gasteiger partial charge in [0, 0.05) is 18.0 Å². The molecule has 2 nitrogen and oxygen atoms in total. The lowest BCUT2D eigenvalue weighted by molar-refractivity contribution is 0.856. The van der Waals surface area contributed by atoms with Crippen LogP contribution < -0.4 is 0 Å². The number of hydrogen-bond donors (Lipinski definition) is 0. The molecule has 2 rings (SSSR count). The van der Waals surface area contributed by atoms with E-state index in [0.717, 1.165) is 17.8 Å². The number of benzene rings is 1. The van der Waals surface area contributed by atoms with Gasteiger partial charge in [0.1, 0.15) is 0 Å². The molecule has 0 saturated heterocycles. The summed E-state index contributed by atoms with van der Waals surface area (Å²) in [5, 5.41) is 0. The molecule has 0 N–H and O–H groups in total. The highest BCUT2D eigenvalue weighted by Crippen LogP contribution is 2.29. The number of rotatable bonds is 3. The molecule has 94 valence electrons. The van der Waals surface area contributed by atoms with Crippen molar-refractivity contribution in [3.63, 3.8) is 0 Å². The standard InChI is InChI=1S/C16H20N2/c1-5-15-16(18-10-9-17-15)14-8-6-7-13(11(2)3)12(14)4/h6-11H,5H2,1-4H3. The maximum absolute atomic E-state index is 4.52. The zero-order valence-electron chi connectivity index (χ0n) is 11.6. The molecule has 0 fully saturated rings. The van der Waals surface area contributed by atoms with Gasteiger partial charge >= 0.3 is 0 Å². The van der Waals surface area contributed by atoms with Crippen LogP contribution in [0.4, 0.5) is 0 Å². The fraction of sp³-hybridized carbons (Fsp3) is 0.375. The van der Waals surface area contributed by atoms with Crippen LogP contribution in [0.1, 0.15) is 43.5 Å². The summed E-state index contributed by atoms with van der Waals surface area (Å²) in [7, 11) is 0. The Morgan fingerprint density at radius 1 is 1.11 bits per heavy atom. The highest BCUT2D eigenvalue weighted by molar-refractivity contribution is 5.67. The molecule has 0 saturated carbocycles. The molecule has 0 aliphatic heterocycles. The van der Waals surface area contributed by atoms with Gasteiger partial charge in [0.25, 0.3) is 0 Å². The van der Waals surface area contributed by atoms with Crippen LogP contribution in [0.5, 0.6) is 0 Å². The van der Waals surface area contributed by atoms with Crippen molar-refractivity contribution >= 4 is 0 Å². The Morgan fingerprint density at radius 2 is 1.83 bits per heavy atom. The summed E-state index contributed by atoms with van der Waals surface area (Å²) in [6.07, 6.45) is 4.45. The summed E-state index contributed by atoms with van der Waals surface area (Å²) >= 11 is 0. The van der Waals surface area contributed by atoms with Crippen molar-refractivity contribution in [1.29, 1.82) is 0 Å². The molecule has 0 aliphatic carbocycles. The van der Waals surface area contributed by atoms with Gasteiger partial charge in [0.15, 0.2) is 0 Å². The number of aryl methyl sites for hydroxylation is 1. The Hall–Kier alpha value is -1.70. The molecule has 0 spiro atoms. The van der Waals surface area contributed by atoms with Gasteiger partial charge in [-0.05, 0) is 30.4 Å². The number of aromatic nitrogens is 2. The Kier molecular flexibility index (Phi) is 3.75. The predicted octanol–water partition coefficient (Wildman–Crippen LogP) is 4.14. The Morgan fingerprint density at radius 3 is 2.50 bits per heavy atom. The second kappa shape index (κ2) is 5.30. The van der Waals surface area contributed by atoms with Gasteiger partial charge in [-0.2, -0.15) is 0 Å². The van der Waals surface area contributed by atoms with E-state index in [4.69, 9.17) is 0 Å². The minimum atomic E-state index is 0.534. The summed E-state index contributed by atoms with van der Waals surface area (Å²) in [6, 6.07) is 6.46. The lowest BCUT2D eigenvalue weighted by atomic mass is 9.92. The van der Waals surface area contributed by atoms with Crippen molar-refractivity contribution in [2.45, 2.75) is 40.0 Å². The highest BCUT2D eigenvalue weighted by Gasteiger charge is 2.12. The SMILES string of the molecule is CCc1nccnc1-c1cccc(C(C)C)c1C. The van der Waals surface area contributed by atoms with Crippen LogP contribution in [0, 0.1) is 6.92 Å². The van der Waals surface area contributed by atoms with Crippen LogP contribution in [-0.4, -0.2) is 9.97 Å². The predicted molar refractivity (Wildman–Crippen MR) is 75.7 cm³/mol. The molecular formula is C16H20N2. The first-order valence-electron chi connectivity index (χ1n) is 6.54. The largest absolute Gasteiger partial charge is 0.257 e. The zero-order chi connectivity index (χ0) is 13.1. The number of nitrogens with zero attached hydrogens (tertiary/aromatic N) is 2. The molecule has 0 unspecified atom stereocenters. The molecule has 1 aromatic heterocycles. The van der Waals surface area contributed by atoms with Gasteiger partial charge in [-0.25, -0.2) is 0 Å². The molecule has 2 aromatic rings. The second-order valence-electron chi connectivity index (χ2n) is 4.88. The van der Waals surface area contributed by atoms with Crippen LogP contribution in [-0.2, 0) is 6.42 Å². The van der Waals surface area contributed by atoms with E-state index >= 15 is 0 Å². The van der Waals surface area contributed by atoms with E-state index < -0.39 is 0 Å². The van der Waals surface area contributed by atoms with Gasteiger partial charge < -0.3 is 0 Å². The van der Waals surface area contributed by atoms with Crippen molar-refractivity contribution < 1.29 is 0 Å². The highest BCUT2D eigenvalue weighted by atomic mass is 14.8. The fourth-order valence-corrected chi connectivity index (χ4v) is 2.39. The lowest BCUT2D eigenvalue weighted by Gasteiger charge is -2.15. The van der Waals surface area contributed by atoms with Crippen LogP contribution in [0.15, 0.2) is 30.6 Å². The minimum Gasteiger partial charge on any atom is -0.257 e. The molecule has 0 amide bonds. The second-order valence-corrected chi connectivity index (χ2v) is 4.88. The molecule has 0 atom stereocenters. The third kappa shape index (κ3) is 2.28. The quantitative estimate of drug-likeness (QED) is 0.806. The molecule has 0 bridgehead atoms. The van der Waals surface area contributed by atoms with E-state index in [1.165, 1.54) is 16.7 Å². The lowest BCUT2D eigenvalue weighted by Crippen LogP contribution is -1.99. The maximum Gasteiger partial charge on any atom is 0.0919 e. The first-order valence-corrected chi connectivity index (χ1v) is 6.54. The third-order valence-electron chi connectivity index (χ3n) is 3.36. The van der Waals surface area contributed by atoms with E-state index in [0.29, 0.717) is 5.92 Å². The van der Waals surface area contributed by atoms with E-state index in [1.807, 2.05) is 0 Å². The minimum absolute atomic E-state index is 0.534. The first kappa shape index (κ1) is 12.7. The van der Waals surface area contributed by atoms with Gasteiger partial charge in [0.05, 0.1) is 11.4 Å². The van der Waals surface area contributed by atoms with Gasteiger partial charge in [0.2, 0.25) is 0 Å². The molecule has 0 radical (unpaired) electrons. The first-order chi connectivity index (χ1) is 8.65. The van der Waals surface area contributed by atoms with Crippen molar-refractivity contribution in [3.05, 3.63) is 47.4 Å². The monoisotopic (exact) mass is 240 g/mol. The van der Waals surface area contributed by atoms with Crippen molar-refractivity contribution in [2.24, 2.45) is 0 Å². The van der Waals surface area contributed by atoms with E-state index in [-0.39, 0.29) is 0 Å². The van der Waals surface area contributed by atoms with Crippen LogP contribution in [0.25, 0.3) is 11.3 Å². The zero-order valence-corrected chi connectivity index (χ0v) is 11.6. The molecule has 18 heavy (non-hydrogen) atoms. The summed E-state index contributed by atoms with van der Waals surface area (Å²) < 4.78 is 0. The van der Waals surface area contributed by atoms with Crippen molar-refractivity contribution in [3.8, 4) is 11.3 Å². The topological polar surface area (TPSA) is 25.8 Å². The maximum atomic E-state index is 4.52.